The Kier molecular flexibility index (Phi) is 4.34. The number of ketones is 1. The zero-order valence-electron chi connectivity index (χ0n) is 10.3. The summed E-state index contributed by atoms with van der Waals surface area (Å²) in [5.41, 5.74) is 0.523. The van der Waals surface area contributed by atoms with E-state index in [1.165, 1.54) is 10.9 Å². The van der Waals surface area contributed by atoms with Gasteiger partial charge in [0.1, 0.15) is 10.5 Å². The number of aromatic nitrogens is 2. The number of halogens is 2. The molecule has 0 N–H and O–H groups in total. The third-order valence-corrected chi connectivity index (χ3v) is 3.84. The summed E-state index contributed by atoms with van der Waals surface area (Å²) in [6.07, 6.45) is 1.43. The number of carbonyl (C=O) groups excluding carboxylic acids is 1. The lowest BCUT2D eigenvalue weighted by atomic mass is 10.1. The van der Waals surface area contributed by atoms with Crippen molar-refractivity contribution >= 4 is 43.5 Å². The normalized spacial score (nSPS) is 12.2. The Hall–Kier alpha value is -1.54. The van der Waals surface area contributed by atoms with Gasteiger partial charge in [0.05, 0.1) is 11.3 Å². The molecule has 0 aliphatic rings. The highest BCUT2D eigenvalue weighted by molar-refractivity contribution is 9.10. The lowest BCUT2D eigenvalue weighted by Gasteiger charge is -2.07. The predicted molar refractivity (Wildman–Crippen MR) is 79.8 cm³/mol. The molecule has 8 heteroatoms. The topological polar surface area (TPSA) is 78.0 Å². The second-order valence-corrected chi connectivity index (χ2v) is 5.85. The van der Waals surface area contributed by atoms with Crippen molar-refractivity contribution in [3.05, 3.63) is 55.1 Å². The van der Waals surface area contributed by atoms with Crippen molar-refractivity contribution in [2.45, 2.75) is 13.0 Å². The van der Waals surface area contributed by atoms with Crippen molar-refractivity contribution < 1.29 is 9.72 Å². The van der Waals surface area contributed by atoms with Crippen molar-refractivity contribution in [1.29, 1.82) is 0 Å². The molecule has 1 aromatic carbocycles. The van der Waals surface area contributed by atoms with E-state index in [9.17, 15) is 14.9 Å². The van der Waals surface area contributed by atoms with Crippen LogP contribution >= 0.6 is 31.9 Å². The van der Waals surface area contributed by atoms with Crippen LogP contribution in [0.25, 0.3) is 0 Å². The lowest BCUT2D eigenvalue weighted by Crippen LogP contribution is -2.17. The molecule has 0 saturated heterocycles. The van der Waals surface area contributed by atoms with Gasteiger partial charge in [-0.2, -0.15) is 4.68 Å². The van der Waals surface area contributed by atoms with E-state index >= 15 is 0 Å². The molecule has 1 heterocycles. The molecule has 1 aromatic heterocycles. The molecule has 0 radical (unpaired) electrons. The second kappa shape index (κ2) is 5.84. The van der Waals surface area contributed by atoms with Crippen molar-refractivity contribution in [1.82, 2.24) is 9.78 Å². The lowest BCUT2D eigenvalue weighted by molar-refractivity contribution is -0.390. The molecule has 0 aliphatic heterocycles. The van der Waals surface area contributed by atoms with Crippen LogP contribution in [-0.2, 0) is 0 Å². The van der Waals surface area contributed by atoms with Crippen LogP contribution in [0, 0.1) is 10.1 Å². The summed E-state index contributed by atoms with van der Waals surface area (Å²) >= 11 is 6.35. The summed E-state index contributed by atoms with van der Waals surface area (Å²) in [6.45, 7) is 1.65. The Morgan fingerprint density at radius 3 is 2.45 bits per heavy atom. The average Bonchev–Trinajstić information content (AvgIpc) is 2.80. The largest absolute Gasteiger partial charge is 0.404 e. The van der Waals surface area contributed by atoms with Crippen LogP contribution in [0.1, 0.15) is 23.3 Å². The summed E-state index contributed by atoms with van der Waals surface area (Å²) in [6, 6.07) is 6.29. The highest BCUT2D eigenvalue weighted by atomic mass is 79.9. The van der Waals surface area contributed by atoms with Gasteiger partial charge in [-0.3, -0.25) is 4.79 Å². The fraction of sp³-hybridized carbons (Fsp3) is 0.167. The summed E-state index contributed by atoms with van der Waals surface area (Å²) in [4.78, 5) is 22.4. The van der Waals surface area contributed by atoms with Crippen molar-refractivity contribution in [2.24, 2.45) is 0 Å². The molecule has 2 rings (SSSR count). The molecule has 6 nitrogen and oxygen atoms in total. The molecule has 1 unspecified atom stereocenters. The third kappa shape index (κ3) is 2.96. The Morgan fingerprint density at radius 1 is 1.35 bits per heavy atom. The van der Waals surface area contributed by atoms with Gasteiger partial charge in [-0.15, -0.1) is 0 Å². The fourth-order valence-corrected chi connectivity index (χ4v) is 2.36. The molecular weight excluding hydrogens is 394 g/mol. The van der Waals surface area contributed by atoms with Gasteiger partial charge in [0.25, 0.3) is 0 Å². The van der Waals surface area contributed by atoms with Crippen molar-refractivity contribution in [3.63, 3.8) is 0 Å². The van der Waals surface area contributed by atoms with Crippen LogP contribution in [0.4, 0.5) is 5.82 Å². The van der Waals surface area contributed by atoms with Gasteiger partial charge < -0.3 is 10.1 Å². The molecule has 0 fully saturated rings. The number of nitro groups is 1. The number of hydrogen-bond donors (Lipinski definition) is 0. The van der Waals surface area contributed by atoms with Crippen molar-refractivity contribution in [3.8, 4) is 0 Å². The maximum Gasteiger partial charge on any atom is 0.404 e. The van der Waals surface area contributed by atoms with Crippen LogP contribution in [0.2, 0.25) is 0 Å². The van der Waals surface area contributed by atoms with E-state index in [1.807, 2.05) is 0 Å². The Balaban J connectivity index is 2.29. The highest BCUT2D eigenvalue weighted by Crippen LogP contribution is 2.25. The molecule has 0 amide bonds. The molecule has 0 aliphatic carbocycles. The molecule has 0 bridgehead atoms. The first kappa shape index (κ1) is 14.9. The first-order chi connectivity index (χ1) is 9.40. The maximum atomic E-state index is 12.3. The fourth-order valence-electron chi connectivity index (χ4n) is 1.66. The smallest absolute Gasteiger partial charge is 0.358 e. The summed E-state index contributed by atoms with van der Waals surface area (Å²) < 4.78 is 2.41. The number of hydrogen-bond acceptors (Lipinski definition) is 4. The van der Waals surface area contributed by atoms with Gasteiger partial charge >= 0.3 is 5.82 Å². The first-order valence-corrected chi connectivity index (χ1v) is 7.17. The van der Waals surface area contributed by atoms with Gasteiger partial charge in [-0.05, 0) is 39.9 Å². The van der Waals surface area contributed by atoms with Crippen LogP contribution in [0.5, 0.6) is 0 Å². The van der Waals surface area contributed by atoms with Crippen LogP contribution in [0.3, 0.4) is 0 Å². The summed E-state index contributed by atoms with van der Waals surface area (Å²) in [5.74, 6) is -0.470. The molecule has 0 saturated carbocycles. The Labute approximate surface area is 131 Å². The van der Waals surface area contributed by atoms with Gasteiger partial charge in [0, 0.05) is 10.0 Å². The minimum atomic E-state index is -0.624. The van der Waals surface area contributed by atoms with Crippen LogP contribution < -0.4 is 0 Å². The third-order valence-electron chi connectivity index (χ3n) is 2.75. The average molecular weight is 403 g/mol. The first-order valence-electron chi connectivity index (χ1n) is 5.59. The molecule has 0 spiro atoms. The molecule has 1 atom stereocenters. The quantitative estimate of drug-likeness (QED) is 0.443. The van der Waals surface area contributed by atoms with Crippen molar-refractivity contribution in [2.75, 3.05) is 0 Å². The minimum Gasteiger partial charge on any atom is -0.358 e. The number of benzene rings is 1. The standard InChI is InChI=1S/C12H9Br2N3O3/c1-7(11(18)8-2-4-9(13)5-3-8)16-6-10(14)12(15-16)17(19)20/h2-7H,1H3. The number of nitrogens with zero attached hydrogens (tertiary/aromatic N) is 3. The van der Waals surface area contributed by atoms with Crippen LogP contribution in [0.15, 0.2) is 39.4 Å². The van der Waals surface area contributed by atoms with E-state index < -0.39 is 11.0 Å². The van der Waals surface area contributed by atoms with Gasteiger partial charge in [0.2, 0.25) is 0 Å². The van der Waals surface area contributed by atoms with E-state index in [1.54, 1.807) is 31.2 Å². The van der Waals surface area contributed by atoms with Gasteiger partial charge in [0.15, 0.2) is 5.78 Å². The Morgan fingerprint density at radius 2 is 1.95 bits per heavy atom. The SMILES string of the molecule is CC(C(=O)c1ccc(Br)cc1)n1cc(Br)c([N+](=O)[O-])n1. The Bertz CT molecular complexity index is 667. The molecule has 104 valence electrons. The predicted octanol–water partition coefficient (Wildman–Crippen LogP) is 3.76. The summed E-state index contributed by atoms with van der Waals surface area (Å²) in [7, 11) is 0. The molecule has 20 heavy (non-hydrogen) atoms. The molecular formula is C12H9Br2N3O3. The highest BCUT2D eigenvalue weighted by Gasteiger charge is 2.25. The zero-order valence-corrected chi connectivity index (χ0v) is 13.5. The zero-order chi connectivity index (χ0) is 14.9. The number of carbonyl (C=O) groups is 1. The van der Waals surface area contributed by atoms with E-state index in [-0.39, 0.29) is 16.1 Å². The van der Waals surface area contributed by atoms with Gasteiger partial charge in [-0.25, -0.2) is 0 Å². The van der Waals surface area contributed by atoms with Gasteiger partial charge in [-0.1, -0.05) is 28.1 Å². The minimum absolute atomic E-state index is 0.164. The van der Waals surface area contributed by atoms with E-state index in [4.69, 9.17) is 0 Å². The monoisotopic (exact) mass is 401 g/mol. The van der Waals surface area contributed by atoms with E-state index in [0.717, 1.165) is 4.47 Å². The maximum absolute atomic E-state index is 12.3. The number of rotatable bonds is 4. The van der Waals surface area contributed by atoms with E-state index in [0.29, 0.717) is 5.56 Å². The summed E-state index contributed by atoms with van der Waals surface area (Å²) in [5, 5.41) is 14.6. The number of Topliss-reactive ketones (excluding diaryl/α,β-unsaturated/α-hetero) is 1. The van der Waals surface area contributed by atoms with E-state index in [2.05, 4.69) is 37.0 Å². The molecule has 2 aromatic rings. The van der Waals surface area contributed by atoms with Crippen LogP contribution in [-0.4, -0.2) is 20.5 Å². The second-order valence-electron chi connectivity index (χ2n) is 4.08.